The van der Waals surface area contributed by atoms with E-state index in [9.17, 15) is 20.6 Å². The minimum Gasteiger partial charge on any atom is -0.508 e. The fourth-order valence-electron chi connectivity index (χ4n) is 4.06. The number of phenols is 1. The van der Waals surface area contributed by atoms with Gasteiger partial charge in [0.25, 0.3) is 0 Å². The molecule has 3 N–H and O–H groups in total. The SMILES string of the molecule is N#Cc1cc(OC2CCC2)c(C2CC(O)CC(CO)O2)cc1Cc1ccc(O)cc1. The molecule has 1 saturated heterocycles. The first-order chi connectivity index (χ1) is 14.6. The highest BCUT2D eigenvalue weighted by atomic mass is 16.5. The topological polar surface area (TPSA) is 103 Å². The lowest BCUT2D eigenvalue weighted by atomic mass is 9.90. The Bertz CT molecular complexity index is 916. The van der Waals surface area contributed by atoms with E-state index in [0.29, 0.717) is 30.6 Å². The molecule has 3 atom stereocenters. The molecule has 1 saturated carbocycles. The maximum Gasteiger partial charge on any atom is 0.126 e. The molecule has 1 heterocycles. The van der Waals surface area contributed by atoms with Crippen molar-refractivity contribution in [2.24, 2.45) is 0 Å². The average molecular weight is 409 g/mol. The molecular weight excluding hydrogens is 382 g/mol. The molecule has 158 valence electrons. The van der Waals surface area contributed by atoms with Crippen LogP contribution in [-0.2, 0) is 11.2 Å². The van der Waals surface area contributed by atoms with E-state index < -0.39 is 18.3 Å². The Morgan fingerprint density at radius 2 is 1.90 bits per heavy atom. The second-order valence-electron chi connectivity index (χ2n) is 8.23. The van der Waals surface area contributed by atoms with E-state index in [1.165, 1.54) is 0 Å². The molecule has 0 spiro atoms. The molecule has 0 bridgehead atoms. The Morgan fingerprint density at radius 1 is 1.13 bits per heavy atom. The Kier molecular flexibility index (Phi) is 6.24. The van der Waals surface area contributed by atoms with Crippen molar-refractivity contribution in [3.8, 4) is 17.6 Å². The van der Waals surface area contributed by atoms with E-state index in [0.717, 1.165) is 36.0 Å². The number of aliphatic hydroxyl groups is 2. The number of rotatable bonds is 6. The van der Waals surface area contributed by atoms with Gasteiger partial charge in [-0.1, -0.05) is 12.1 Å². The van der Waals surface area contributed by atoms with Gasteiger partial charge in [-0.3, -0.25) is 0 Å². The molecular formula is C24H27NO5. The lowest BCUT2D eigenvalue weighted by Gasteiger charge is -2.35. The Hall–Kier alpha value is -2.59. The molecule has 4 rings (SSSR count). The largest absolute Gasteiger partial charge is 0.508 e. The van der Waals surface area contributed by atoms with Gasteiger partial charge in [-0.05, 0) is 61.1 Å². The zero-order chi connectivity index (χ0) is 21.1. The van der Waals surface area contributed by atoms with Crippen LogP contribution in [0.5, 0.6) is 11.5 Å². The third-order valence-electron chi connectivity index (χ3n) is 5.96. The first-order valence-electron chi connectivity index (χ1n) is 10.5. The van der Waals surface area contributed by atoms with Gasteiger partial charge in [0, 0.05) is 18.4 Å². The summed E-state index contributed by atoms with van der Waals surface area (Å²) in [5, 5.41) is 39.1. The zero-order valence-electron chi connectivity index (χ0n) is 16.8. The Balaban J connectivity index is 1.70. The van der Waals surface area contributed by atoms with Crippen LogP contribution in [0, 0.1) is 11.3 Å². The molecule has 2 aromatic rings. The number of phenolic OH excluding ortho intramolecular Hbond substituents is 1. The fourth-order valence-corrected chi connectivity index (χ4v) is 4.06. The summed E-state index contributed by atoms with van der Waals surface area (Å²) in [5.74, 6) is 0.824. The highest BCUT2D eigenvalue weighted by molar-refractivity contribution is 5.51. The second-order valence-corrected chi connectivity index (χ2v) is 8.23. The van der Waals surface area contributed by atoms with E-state index in [2.05, 4.69) is 6.07 Å². The van der Waals surface area contributed by atoms with Gasteiger partial charge in [0.05, 0.1) is 42.7 Å². The van der Waals surface area contributed by atoms with Gasteiger partial charge in [-0.2, -0.15) is 5.26 Å². The highest BCUT2D eigenvalue weighted by Crippen LogP contribution is 2.40. The van der Waals surface area contributed by atoms with E-state index in [-0.39, 0.29) is 18.5 Å². The normalized spacial score (nSPS) is 24.1. The third kappa shape index (κ3) is 4.59. The minimum atomic E-state index is -0.561. The molecule has 0 radical (unpaired) electrons. The number of nitrogens with zero attached hydrogens (tertiary/aromatic N) is 1. The first-order valence-corrected chi connectivity index (χ1v) is 10.5. The van der Waals surface area contributed by atoms with Gasteiger partial charge in [0.2, 0.25) is 0 Å². The molecule has 3 unspecified atom stereocenters. The summed E-state index contributed by atoms with van der Waals surface area (Å²) in [6, 6.07) is 12.9. The second kappa shape index (κ2) is 9.05. The maximum atomic E-state index is 10.3. The van der Waals surface area contributed by atoms with Crippen molar-refractivity contribution in [2.45, 2.75) is 62.9 Å². The van der Waals surface area contributed by atoms with Crippen molar-refractivity contribution in [1.29, 1.82) is 5.26 Å². The van der Waals surface area contributed by atoms with Gasteiger partial charge < -0.3 is 24.8 Å². The number of aliphatic hydroxyl groups excluding tert-OH is 2. The molecule has 0 aromatic heterocycles. The van der Waals surface area contributed by atoms with Crippen LogP contribution in [0.2, 0.25) is 0 Å². The maximum absolute atomic E-state index is 10.3. The van der Waals surface area contributed by atoms with Crippen LogP contribution in [0.15, 0.2) is 36.4 Å². The zero-order valence-corrected chi connectivity index (χ0v) is 16.8. The number of benzene rings is 2. The van der Waals surface area contributed by atoms with Crippen LogP contribution in [0.1, 0.15) is 60.5 Å². The molecule has 2 aliphatic rings. The number of hydrogen-bond donors (Lipinski definition) is 3. The summed E-state index contributed by atoms with van der Waals surface area (Å²) in [7, 11) is 0. The van der Waals surface area contributed by atoms with Crippen molar-refractivity contribution in [2.75, 3.05) is 6.61 Å². The van der Waals surface area contributed by atoms with Crippen molar-refractivity contribution in [3.63, 3.8) is 0 Å². The van der Waals surface area contributed by atoms with Gasteiger partial charge in [-0.15, -0.1) is 0 Å². The molecule has 1 aliphatic carbocycles. The van der Waals surface area contributed by atoms with E-state index in [4.69, 9.17) is 9.47 Å². The Labute approximate surface area is 176 Å². The summed E-state index contributed by atoms with van der Waals surface area (Å²) in [6.07, 6.45) is 3.21. The predicted octanol–water partition coefficient (Wildman–Crippen LogP) is 3.36. The van der Waals surface area contributed by atoms with Crippen molar-refractivity contribution in [3.05, 3.63) is 58.7 Å². The van der Waals surface area contributed by atoms with Crippen LogP contribution >= 0.6 is 0 Å². The van der Waals surface area contributed by atoms with Crippen molar-refractivity contribution < 1.29 is 24.8 Å². The summed E-state index contributed by atoms with van der Waals surface area (Å²) < 4.78 is 12.2. The lowest BCUT2D eigenvalue weighted by Crippen LogP contribution is -2.34. The Morgan fingerprint density at radius 3 is 2.53 bits per heavy atom. The molecule has 6 nitrogen and oxygen atoms in total. The summed E-state index contributed by atoms with van der Waals surface area (Å²) in [6.45, 7) is -0.150. The summed E-state index contributed by atoms with van der Waals surface area (Å²) in [4.78, 5) is 0. The lowest BCUT2D eigenvalue weighted by molar-refractivity contribution is -0.114. The number of hydrogen-bond acceptors (Lipinski definition) is 6. The molecule has 1 aliphatic heterocycles. The van der Waals surface area contributed by atoms with Crippen molar-refractivity contribution >= 4 is 0 Å². The van der Waals surface area contributed by atoms with Gasteiger partial charge in [-0.25, -0.2) is 0 Å². The van der Waals surface area contributed by atoms with Crippen LogP contribution in [-0.4, -0.2) is 40.2 Å². The number of ether oxygens (including phenoxy) is 2. The third-order valence-corrected chi connectivity index (χ3v) is 5.96. The van der Waals surface area contributed by atoms with Crippen LogP contribution in [0.25, 0.3) is 0 Å². The van der Waals surface area contributed by atoms with Crippen molar-refractivity contribution in [1.82, 2.24) is 0 Å². The summed E-state index contributed by atoms with van der Waals surface area (Å²) >= 11 is 0. The molecule has 6 heteroatoms. The monoisotopic (exact) mass is 409 g/mol. The number of aromatic hydroxyl groups is 1. The molecule has 2 aromatic carbocycles. The van der Waals surface area contributed by atoms with Crippen LogP contribution < -0.4 is 4.74 Å². The molecule has 2 fully saturated rings. The minimum absolute atomic E-state index is 0.139. The quantitative estimate of drug-likeness (QED) is 0.676. The van der Waals surface area contributed by atoms with E-state index >= 15 is 0 Å². The van der Waals surface area contributed by atoms with Gasteiger partial charge in [0.1, 0.15) is 11.5 Å². The van der Waals surface area contributed by atoms with E-state index in [1.807, 2.05) is 18.2 Å². The van der Waals surface area contributed by atoms with E-state index in [1.54, 1.807) is 18.2 Å². The van der Waals surface area contributed by atoms with Gasteiger partial charge in [0.15, 0.2) is 0 Å². The summed E-state index contributed by atoms with van der Waals surface area (Å²) in [5.41, 5.74) is 3.16. The highest BCUT2D eigenvalue weighted by Gasteiger charge is 2.32. The van der Waals surface area contributed by atoms with Crippen LogP contribution in [0.3, 0.4) is 0 Å². The fraction of sp³-hybridized carbons (Fsp3) is 0.458. The van der Waals surface area contributed by atoms with Crippen LogP contribution in [0.4, 0.5) is 0 Å². The first kappa shape index (κ1) is 20.7. The predicted molar refractivity (Wildman–Crippen MR) is 110 cm³/mol. The molecule has 0 amide bonds. The number of nitriles is 1. The smallest absolute Gasteiger partial charge is 0.126 e. The van der Waals surface area contributed by atoms with Gasteiger partial charge >= 0.3 is 0 Å². The average Bonchev–Trinajstić information content (AvgIpc) is 2.72. The molecule has 30 heavy (non-hydrogen) atoms. The standard InChI is InChI=1S/C24H27NO5/c25-13-17-10-23(29-20-2-1-3-20)22(24-12-19(28)11-21(14-26)30-24)9-16(17)8-15-4-6-18(27)7-5-15/h4-7,9-10,19-21,24,26-28H,1-3,8,11-12,14H2.